The smallest absolute Gasteiger partial charge is 0.164 e. The van der Waals surface area contributed by atoms with Crippen molar-refractivity contribution in [3.8, 4) is 0 Å². The maximum absolute atomic E-state index is 11.8. The van der Waals surface area contributed by atoms with Gasteiger partial charge in [0.05, 0.1) is 0 Å². The van der Waals surface area contributed by atoms with Gasteiger partial charge in [-0.1, -0.05) is 0 Å². The van der Waals surface area contributed by atoms with Crippen LogP contribution in [-0.2, 0) is 19.5 Å². The minimum absolute atomic E-state index is 0.300. The monoisotopic (exact) mass is 243 g/mol. The normalized spacial score (nSPS) is 14.8. The Bertz CT molecular complexity index is 580. The number of nitrogens with zero attached hydrogens (tertiary/aromatic N) is 3. The van der Waals surface area contributed by atoms with E-state index < -0.39 is 0 Å². The first-order chi connectivity index (χ1) is 8.74. The van der Waals surface area contributed by atoms with E-state index in [9.17, 15) is 4.79 Å². The van der Waals surface area contributed by atoms with Crippen LogP contribution < -0.4 is 0 Å². The molecule has 0 spiro atoms. The molecule has 1 aliphatic carbocycles. The predicted molar refractivity (Wildman–Crippen MR) is 68.7 cm³/mol. The summed E-state index contributed by atoms with van der Waals surface area (Å²) in [6.45, 7) is 3.79. The van der Waals surface area contributed by atoms with Gasteiger partial charge in [-0.05, 0) is 25.3 Å². The molecule has 2 aromatic heterocycles. The van der Waals surface area contributed by atoms with E-state index in [-0.39, 0.29) is 0 Å². The molecule has 0 atom stereocenters. The van der Waals surface area contributed by atoms with Crippen molar-refractivity contribution in [2.75, 3.05) is 0 Å². The highest BCUT2D eigenvalue weighted by molar-refractivity contribution is 5.98. The molecule has 3 rings (SSSR count). The molecule has 4 nitrogen and oxygen atoms in total. The molecule has 94 valence electrons. The summed E-state index contributed by atoms with van der Waals surface area (Å²) >= 11 is 0. The molecule has 0 saturated heterocycles. The van der Waals surface area contributed by atoms with E-state index in [1.807, 2.05) is 25.5 Å². The highest BCUT2D eigenvalue weighted by Crippen LogP contribution is 2.22. The van der Waals surface area contributed by atoms with E-state index in [4.69, 9.17) is 0 Å². The van der Waals surface area contributed by atoms with Crippen LogP contribution in [0.2, 0.25) is 0 Å². The lowest BCUT2D eigenvalue weighted by atomic mass is 9.95. The summed E-state index contributed by atoms with van der Waals surface area (Å²) in [6.07, 6.45) is 10.7. The van der Waals surface area contributed by atoms with Gasteiger partial charge in [-0.2, -0.15) is 0 Å². The first kappa shape index (κ1) is 11.3. The standard InChI is InChI=1S/C14H17N3O/c1-11-15-5-6-17(11)8-7-16-9-12-3-2-4-14(18)13(12)10-16/h5-6,9-10H,2-4,7-8H2,1H3. The number of aromatic nitrogens is 3. The number of fused-ring (bicyclic) bond motifs is 1. The zero-order valence-electron chi connectivity index (χ0n) is 10.6. The third-order valence-corrected chi connectivity index (χ3v) is 3.64. The van der Waals surface area contributed by atoms with Crippen molar-refractivity contribution in [3.63, 3.8) is 0 Å². The predicted octanol–water partition coefficient (Wildman–Crippen LogP) is 2.21. The van der Waals surface area contributed by atoms with Gasteiger partial charge in [-0.15, -0.1) is 0 Å². The number of aryl methyl sites for hydroxylation is 4. The maximum Gasteiger partial charge on any atom is 0.164 e. The Labute approximate surface area is 106 Å². The van der Waals surface area contributed by atoms with Crippen molar-refractivity contribution in [1.82, 2.24) is 14.1 Å². The van der Waals surface area contributed by atoms with E-state index >= 15 is 0 Å². The summed E-state index contributed by atoms with van der Waals surface area (Å²) < 4.78 is 4.26. The van der Waals surface area contributed by atoms with Gasteiger partial charge < -0.3 is 9.13 Å². The number of ketones is 1. The molecule has 18 heavy (non-hydrogen) atoms. The van der Waals surface area contributed by atoms with Gasteiger partial charge in [0.15, 0.2) is 5.78 Å². The molecule has 0 bridgehead atoms. The average molecular weight is 243 g/mol. The molecular weight excluding hydrogens is 226 g/mol. The van der Waals surface area contributed by atoms with Crippen LogP contribution in [0, 0.1) is 6.92 Å². The van der Waals surface area contributed by atoms with Crippen LogP contribution in [0.25, 0.3) is 0 Å². The fourth-order valence-corrected chi connectivity index (χ4v) is 2.57. The van der Waals surface area contributed by atoms with E-state index in [2.05, 4.69) is 20.3 Å². The molecule has 2 heterocycles. The Morgan fingerprint density at radius 2 is 2.17 bits per heavy atom. The molecule has 0 amide bonds. The molecule has 4 heteroatoms. The van der Waals surface area contributed by atoms with E-state index in [0.717, 1.165) is 37.3 Å². The van der Waals surface area contributed by atoms with Crippen molar-refractivity contribution in [1.29, 1.82) is 0 Å². The van der Waals surface area contributed by atoms with Crippen LogP contribution in [0.3, 0.4) is 0 Å². The lowest BCUT2D eigenvalue weighted by molar-refractivity contribution is 0.0973. The lowest BCUT2D eigenvalue weighted by Crippen LogP contribution is -2.07. The molecule has 2 aromatic rings. The largest absolute Gasteiger partial charge is 0.351 e. The Morgan fingerprint density at radius 3 is 2.89 bits per heavy atom. The molecule has 0 fully saturated rings. The second-order valence-electron chi connectivity index (χ2n) is 4.88. The fourth-order valence-electron chi connectivity index (χ4n) is 2.57. The van der Waals surface area contributed by atoms with Crippen LogP contribution in [0.5, 0.6) is 0 Å². The summed E-state index contributed by atoms with van der Waals surface area (Å²) in [5.41, 5.74) is 2.15. The highest BCUT2D eigenvalue weighted by Gasteiger charge is 2.18. The number of imidazole rings is 1. The number of rotatable bonds is 3. The number of carbonyl (C=O) groups excluding carboxylic acids is 1. The molecule has 0 aromatic carbocycles. The van der Waals surface area contributed by atoms with Crippen molar-refractivity contribution >= 4 is 5.78 Å². The number of Topliss-reactive ketones (excluding diaryl/α,β-unsaturated/α-hetero) is 1. The summed E-state index contributed by atoms with van der Waals surface area (Å²) in [7, 11) is 0. The molecule has 0 aliphatic heterocycles. The summed E-state index contributed by atoms with van der Waals surface area (Å²) in [5, 5.41) is 0. The first-order valence-corrected chi connectivity index (χ1v) is 6.43. The molecule has 0 radical (unpaired) electrons. The van der Waals surface area contributed by atoms with Crippen LogP contribution >= 0.6 is 0 Å². The van der Waals surface area contributed by atoms with Gasteiger partial charge in [0.25, 0.3) is 0 Å². The number of hydrogen-bond donors (Lipinski definition) is 0. The van der Waals surface area contributed by atoms with E-state index in [0.29, 0.717) is 12.2 Å². The molecule has 0 N–H and O–H groups in total. The van der Waals surface area contributed by atoms with E-state index in [1.165, 1.54) is 5.56 Å². The van der Waals surface area contributed by atoms with Gasteiger partial charge in [0.2, 0.25) is 0 Å². The molecular formula is C14H17N3O. The number of carbonyl (C=O) groups is 1. The topological polar surface area (TPSA) is 39.8 Å². The molecule has 1 aliphatic rings. The minimum atomic E-state index is 0.300. The summed E-state index contributed by atoms with van der Waals surface area (Å²) in [4.78, 5) is 16.0. The first-order valence-electron chi connectivity index (χ1n) is 6.43. The minimum Gasteiger partial charge on any atom is -0.351 e. The third kappa shape index (κ3) is 1.98. The Balaban J connectivity index is 1.74. The molecule has 0 unspecified atom stereocenters. The Kier molecular flexibility index (Phi) is 2.78. The number of hydrogen-bond acceptors (Lipinski definition) is 2. The van der Waals surface area contributed by atoms with Gasteiger partial charge in [0.1, 0.15) is 5.82 Å². The summed E-state index contributed by atoms with van der Waals surface area (Å²) in [6, 6.07) is 0. The quantitative estimate of drug-likeness (QED) is 0.829. The second kappa shape index (κ2) is 4.44. The van der Waals surface area contributed by atoms with Crippen LogP contribution in [-0.4, -0.2) is 19.9 Å². The lowest BCUT2D eigenvalue weighted by Gasteiger charge is -2.07. The van der Waals surface area contributed by atoms with Crippen molar-refractivity contribution < 1.29 is 4.79 Å². The van der Waals surface area contributed by atoms with Gasteiger partial charge in [-0.25, -0.2) is 4.98 Å². The van der Waals surface area contributed by atoms with E-state index in [1.54, 1.807) is 0 Å². The fraction of sp³-hybridized carbons (Fsp3) is 0.429. The average Bonchev–Trinajstić information content (AvgIpc) is 2.93. The zero-order valence-corrected chi connectivity index (χ0v) is 10.6. The van der Waals surface area contributed by atoms with Gasteiger partial charge >= 0.3 is 0 Å². The maximum atomic E-state index is 11.8. The van der Waals surface area contributed by atoms with Crippen LogP contribution in [0.1, 0.15) is 34.6 Å². The van der Waals surface area contributed by atoms with Gasteiger partial charge in [0, 0.05) is 49.9 Å². The Hall–Kier alpha value is -1.84. The van der Waals surface area contributed by atoms with Crippen LogP contribution in [0.4, 0.5) is 0 Å². The zero-order chi connectivity index (χ0) is 12.5. The third-order valence-electron chi connectivity index (χ3n) is 3.64. The summed E-state index contributed by atoms with van der Waals surface area (Å²) in [5.74, 6) is 1.33. The Morgan fingerprint density at radius 1 is 1.28 bits per heavy atom. The van der Waals surface area contributed by atoms with Crippen molar-refractivity contribution in [2.24, 2.45) is 0 Å². The second-order valence-corrected chi connectivity index (χ2v) is 4.88. The SMILES string of the molecule is Cc1nccn1CCn1cc2c(c1)C(=O)CCC2. The van der Waals surface area contributed by atoms with Crippen molar-refractivity contribution in [3.05, 3.63) is 41.7 Å². The van der Waals surface area contributed by atoms with Crippen LogP contribution in [0.15, 0.2) is 24.8 Å². The van der Waals surface area contributed by atoms with Crippen molar-refractivity contribution in [2.45, 2.75) is 39.3 Å². The van der Waals surface area contributed by atoms with Gasteiger partial charge in [-0.3, -0.25) is 4.79 Å². The highest BCUT2D eigenvalue weighted by atomic mass is 16.1. The molecule has 0 saturated carbocycles.